The molecular formula is C9H10ClN3. The quantitative estimate of drug-likeness (QED) is 0.698. The van der Waals surface area contributed by atoms with Gasteiger partial charge in [-0.3, -0.25) is 0 Å². The Morgan fingerprint density at radius 3 is 3.08 bits per heavy atom. The minimum atomic E-state index is -0.135. The van der Waals surface area contributed by atoms with Crippen molar-refractivity contribution in [3.05, 3.63) is 24.0 Å². The standard InChI is InChI=1S/C9H10ClN3/c10-8-3-4-11-9-5-7(6-1-2-6)12-13(8)9/h3-6,8,11H,1-2H2. The molecule has 0 radical (unpaired) electrons. The lowest BCUT2D eigenvalue weighted by molar-refractivity contribution is 0.662. The number of halogens is 1. The number of hydrogen-bond donors (Lipinski definition) is 1. The number of hydrogen-bond acceptors (Lipinski definition) is 2. The number of anilines is 1. The lowest BCUT2D eigenvalue weighted by atomic mass is 10.3. The highest BCUT2D eigenvalue weighted by atomic mass is 35.5. The van der Waals surface area contributed by atoms with Crippen molar-refractivity contribution >= 4 is 17.4 Å². The fourth-order valence-electron chi connectivity index (χ4n) is 1.58. The first-order chi connectivity index (χ1) is 6.34. The van der Waals surface area contributed by atoms with Crippen LogP contribution in [0.15, 0.2) is 18.3 Å². The number of nitrogens with zero attached hydrogens (tertiary/aromatic N) is 2. The predicted octanol–water partition coefficient (Wildman–Crippen LogP) is 2.44. The van der Waals surface area contributed by atoms with Crippen LogP contribution in [0.4, 0.5) is 5.82 Å². The fraction of sp³-hybridized carbons (Fsp3) is 0.444. The van der Waals surface area contributed by atoms with E-state index in [1.54, 1.807) is 0 Å². The summed E-state index contributed by atoms with van der Waals surface area (Å²) in [7, 11) is 0. The van der Waals surface area contributed by atoms with Crippen LogP contribution >= 0.6 is 11.6 Å². The van der Waals surface area contributed by atoms with Crippen molar-refractivity contribution in [1.82, 2.24) is 9.78 Å². The van der Waals surface area contributed by atoms with Gasteiger partial charge in [0.15, 0.2) is 0 Å². The Bertz CT molecular complexity index is 365. The maximum atomic E-state index is 6.06. The molecule has 0 spiro atoms. The fourth-order valence-corrected chi connectivity index (χ4v) is 1.80. The topological polar surface area (TPSA) is 29.9 Å². The average Bonchev–Trinajstić information content (AvgIpc) is 2.87. The third-order valence-corrected chi connectivity index (χ3v) is 2.80. The number of aromatic nitrogens is 2. The molecule has 0 saturated heterocycles. The van der Waals surface area contributed by atoms with E-state index in [2.05, 4.69) is 16.5 Å². The zero-order valence-corrected chi connectivity index (χ0v) is 7.83. The van der Waals surface area contributed by atoms with E-state index in [4.69, 9.17) is 11.6 Å². The van der Waals surface area contributed by atoms with Gasteiger partial charge in [-0.15, -0.1) is 0 Å². The summed E-state index contributed by atoms with van der Waals surface area (Å²) in [6.07, 6.45) is 6.30. The Morgan fingerprint density at radius 2 is 2.38 bits per heavy atom. The summed E-state index contributed by atoms with van der Waals surface area (Å²) in [6, 6.07) is 2.09. The van der Waals surface area contributed by atoms with Gasteiger partial charge < -0.3 is 5.32 Å². The highest BCUT2D eigenvalue weighted by molar-refractivity contribution is 6.20. The van der Waals surface area contributed by atoms with Gasteiger partial charge >= 0.3 is 0 Å². The van der Waals surface area contributed by atoms with Crippen LogP contribution in [0, 0.1) is 0 Å². The Kier molecular flexibility index (Phi) is 1.44. The first-order valence-corrected chi connectivity index (χ1v) is 4.95. The van der Waals surface area contributed by atoms with Crippen molar-refractivity contribution in [2.45, 2.75) is 24.3 Å². The van der Waals surface area contributed by atoms with E-state index in [0.717, 1.165) is 5.82 Å². The van der Waals surface area contributed by atoms with Crippen LogP contribution < -0.4 is 5.32 Å². The van der Waals surface area contributed by atoms with E-state index in [1.807, 2.05) is 17.0 Å². The SMILES string of the molecule is ClC1C=CNc2cc(C3CC3)nn21. The Morgan fingerprint density at radius 1 is 1.54 bits per heavy atom. The summed E-state index contributed by atoms with van der Waals surface area (Å²) < 4.78 is 1.83. The average molecular weight is 196 g/mol. The second-order valence-electron chi connectivity index (χ2n) is 3.55. The van der Waals surface area contributed by atoms with E-state index in [-0.39, 0.29) is 5.50 Å². The molecule has 4 heteroatoms. The van der Waals surface area contributed by atoms with Crippen LogP contribution in [-0.4, -0.2) is 9.78 Å². The first kappa shape index (κ1) is 7.44. The normalized spacial score (nSPS) is 25.5. The predicted molar refractivity (Wildman–Crippen MR) is 51.9 cm³/mol. The van der Waals surface area contributed by atoms with Crippen molar-refractivity contribution < 1.29 is 0 Å². The van der Waals surface area contributed by atoms with E-state index >= 15 is 0 Å². The minimum Gasteiger partial charge on any atom is -0.347 e. The molecule has 1 fully saturated rings. The summed E-state index contributed by atoms with van der Waals surface area (Å²) in [4.78, 5) is 0. The third-order valence-electron chi connectivity index (χ3n) is 2.47. The molecule has 0 amide bonds. The first-order valence-electron chi connectivity index (χ1n) is 4.51. The third kappa shape index (κ3) is 1.15. The van der Waals surface area contributed by atoms with Gasteiger partial charge in [-0.05, 0) is 18.9 Å². The highest BCUT2D eigenvalue weighted by Crippen LogP contribution is 2.41. The molecule has 1 aliphatic carbocycles. The summed E-state index contributed by atoms with van der Waals surface area (Å²) in [5, 5.41) is 7.60. The number of rotatable bonds is 1. The van der Waals surface area contributed by atoms with Gasteiger partial charge in [0.2, 0.25) is 0 Å². The largest absolute Gasteiger partial charge is 0.347 e. The molecule has 1 aromatic rings. The Labute approximate surface area is 81.4 Å². The van der Waals surface area contributed by atoms with E-state index < -0.39 is 0 Å². The van der Waals surface area contributed by atoms with Crippen molar-refractivity contribution in [3.63, 3.8) is 0 Å². The number of fused-ring (bicyclic) bond motifs is 1. The summed E-state index contributed by atoms with van der Waals surface area (Å²) in [5.74, 6) is 1.69. The Balaban J connectivity index is 2.02. The monoisotopic (exact) mass is 195 g/mol. The second kappa shape index (κ2) is 2.51. The van der Waals surface area contributed by atoms with E-state index in [1.165, 1.54) is 18.5 Å². The molecule has 1 aromatic heterocycles. The van der Waals surface area contributed by atoms with Crippen molar-refractivity contribution in [3.8, 4) is 0 Å². The van der Waals surface area contributed by atoms with Crippen molar-refractivity contribution in [1.29, 1.82) is 0 Å². The number of alkyl halides is 1. The summed E-state index contributed by atoms with van der Waals surface area (Å²) in [5.41, 5.74) is 1.04. The molecule has 1 aliphatic heterocycles. The van der Waals surface area contributed by atoms with Gasteiger partial charge in [-0.2, -0.15) is 5.10 Å². The zero-order valence-electron chi connectivity index (χ0n) is 7.07. The maximum absolute atomic E-state index is 6.06. The highest BCUT2D eigenvalue weighted by Gasteiger charge is 2.28. The van der Waals surface area contributed by atoms with Gasteiger partial charge in [0.1, 0.15) is 11.3 Å². The minimum absolute atomic E-state index is 0.135. The molecule has 68 valence electrons. The summed E-state index contributed by atoms with van der Waals surface area (Å²) in [6.45, 7) is 0. The van der Waals surface area contributed by atoms with E-state index in [9.17, 15) is 0 Å². The second-order valence-corrected chi connectivity index (χ2v) is 4.00. The van der Waals surface area contributed by atoms with Gasteiger partial charge in [0.05, 0.1) is 5.69 Å². The van der Waals surface area contributed by atoms with Gasteiger partial charge in [0.25, 0.3) is 0 Å². The molecule has 3 nitrogen and oxygen atoms in total. The van der Waals surface area contributed by atoms with Crippen molar-refractivity contribution in [2.24, 2.45) is 0 Å². The van der Waals surface area contributed by atoms with Crippen LogP contribution in [-0.2, 0) is 0 Å². The molecule has 1 unspecified atom stereocenters. The lowest BCUT2D eigenvalue weighted by Gasteiger charge is -2.14. The molecule has 0 bridgehead atoms. The number of nitrogens with one attached hydrogen (secondary N) is 1. The van der Waals surface area contributed by atoms with Crippen LogP contribution in [0.5, 0.6) is 0 Å². The van der Waals surface area contributed by atoms with Crippen LogP contribution in [0.25, 0.3) is 0 Å². The molecular weight excluding hydrogens is 186 g/mol. The smallest absolute Gasteiger partial charge is 0.147 e. The molecule has 1 saturated carbocycles. The molecule has 2 heterocycles. The van der Waals surface area contributed by atoms with Gasteiger partial charge in [0, 0.05) is 18.2 Å². The zero-order chi connectivity index (χ0) is 8.84. The van der Waals surface area contributed by atoms with E-state index in [0.29, 0.717) is 5.92 Å². The molecule has 3 rings (SSSR count). The molecule has 0 aromatic carbocycles. The van der Waals surface area contributed by atoms with Crippen LogP contribution in [0.3, 0.4) is 0 Å². The van der Waals surface area contributed by atoms with Crippen LogP contribution in [0.2, 0.25) is 0 Å². The lowest BCUT2D eigenvalue weighted by Crippen LogP contribution is -2.10. The van der Waals surface area contributed by atoms with Crippen LogP contribution in [0.1, 0.15) is 30.0 Å². The van der Waals surface area contributed by atoms with Gasteiger partial charge in [-0.1, -0.05) is 11.6 Å². The van der Waals surface area contributed by atoms with Crippen molar-refractivity contribution in [2.75, 3.05) is 5.32 Å². The molecule has 1 atom stereocenters. The number of allylic oxidation sites excluding steroid dienone is 1. The molecule has 1 N–H and O–H groups in total. The molecule has 13 heavy (non-hydrogen) atoms. The Hall–Kier alpha value is -0.960. The summed E-state index contributed by atoms with van der Waals surface area (Å²) >= 11 is 6.06. The molecule has 2 aliphatic rings. The maximum Gasteiger partial charge on any atom is 0.147 e. The van der Waals surface area contributed by atoms with Gasteiger partial charge in [-0.25, -0.2) is 4.68 Å².